The Kier molecular flexibility index (Phi) is 5.22. The summed E-state index contributed by atoms with van der Waals surface area (Å²) >= 11 is 0. The van der Waals surface area contributed by atoms with Gasteiger partial charge in [0.2, 0.25) is 5.91 Å². The maximum absolute atomic E-state index is 10.9. The SMILES string of the molecule is CNCC/C=C/c1cncc(NC(C)=O)c1. The van der Waals surface area contributed by atoms with E-state index in [0.717, 1.165) is 24.2 Å². The second kappa shape index (κ2) is 6.74. The zero-order valence-corrected chi connectivity index (χ0v) is 9.66. The van der Waals surface area contributed by atoms with E-state index in [4.69, 9.17) is 0 Å². The van der Waals surface area contributed by atoms with Gasteiger partial charge in [-0.25, -0.2) is 0 Å². The molecule has 0 atom stereocenters. The Morgan fingerprint density at radius 1 is 1.50 bits per heavy atom. The Morgan fingerprint density at radius 2 is 2.31 bits per heavy atom. The third kappa shape index (κ3) is 4.70. The molecule has 0 aliphatic rings. The first-order valence-electron chi connectivity index (χ1n) is 5.26. The Bertz CT molecular complexity index is 374. The van der Waals surface area contributed by atoms with Gasteiger partial charge in [-0.2, -0.15) is 0 Å². The van der Waals surface area contributed by atoms with E-state index in [1.165, 1.54) is 6.92 Å². The molecular formula is C12H17N3O. The third-order valence-electron chi connectivity index (χ3n) is 1.95. The molecule has 0 unspecified atom stereocenters. The van der Waals surface area contributed by atoms with Crippen LogP contribution in [-0.2, 0) is 4.79 Å². The zero-order chi connectivity index (χ0) is 11.8. The summed E-state index contributed by atoms with van der Waals surface area (Å²) in [6.45, 7) is 2.44. The molecule has 0 aromatic carbocycles. The number of carbonyl (C=O) groups excluding carboxylic acids is 1. The lowest BCUT2D eigenvalue weighted by Crippen LogP contribution is -2.06. The van der Waals surface area contributed by atoms with Crippen LogP contribution in [0.3, 0.4) is 0 Å². The van der Waals surface area contributed by atoms with Gasteiger partial charge in [-0.05, 0) is 31.6 Å². The smallest absolute Gasteiger partial charge is 0.221 e. The highest BCUT2D eigenvalue weighted by Gasteiger charge is 1.95. The molecule has 0 bridgehead atoms. The summed E-state index contributed by atoms with van der Waals surface area (Å²) in [5.41, 5.74) is 1.71. The van der Waals surface area contributed by atoms with E-state index in [1.807, 2.05) is 19.2 Å². The van der Waals surface area contributed by atoms with Crippen LogP contribution in [0.25, 0.3) is 6.08 Å². The molecule has 1 heterocycles. The van der Waals surface area contributed by atoms with Crippen LogP contribution in [0.5, 0.6) is 0 Å². The minimum absolute atomic E-state index is 0.0851. The van der Waals surface area contributed by atoms with Gasteiger partial charge < -0.3 is 10.6 Å². The van der Waals surface area contributed by atoms with Crippen LogP contribution in [0, 0.1) is 0 Å². The van der Waals surface area contributed by atoms with Crippen molar-refractivity contribution in [3.63, 3.8) is 0 Å². The quantitative estimate of drug-likeness (QED) is 0.740. The van der Waals surface area contributed by atoms with E-state index in [1.54, 1.807) is 12.4 Å². The fourth-order valence-electron chi connectivity index (χ4n) is 1.27. The van der Waals surface area contributed by atoms with Crippen molar-refractivity contribution in [1.82, 2.24) is 10.3 Å². The lowest BCUT2D eigenvalue weighted by molar-refractivity contribution is -0.114. The molecule has 1 amide bonds. The fraction of sp³-hybridized carbons (Fsp3) is 0.333. The van der Waals surface area contributed by atoms with Gasteiger partial charge in [0.25, 0.3) is 0 Å². The average molecular weight is 219 g/mol. The van der Waals surface area contributed by atoms with Gasteiger partial charge in [0.05, 0.1) is 11.9 Å². The van der Waals surface area contributed by atoms with Crippen molar-refractivity contribution in [3.05, 3.63) is 30.1 Å². The lowest BCUT2D eigenvalue weighted by Gasteiger charge is -2.01. The number of anilines is 1. The van der Waals surface area contributed by atoms with E-state index in [0.29, 0.717) is 0 Å². The van der Waals surface area contributed by atoms with Crippen molar-refractivity contribution in [1.29, 1.82) is 0 Å². The summed E-state index contributed by atoms with van der Waals surface area (Å²) in [6, 6.07) is 1.89. The highest BCUT2D eigenvalue weighted by atomic mass is 16.1. The summed E-state index contributed by atoms with van der Waals surface area (Å²) < 4.78 is 0. The molecule has 4 heteroatoms. The van der Waals surface area contributed by atoms with Gasteiger partial charge >= 0.3 is 0 Å². The van der Waals surface area contributed by atoms with E-state index >= 15 is 0 Å². The number of nitrogens with one attached hydrogen (secondary N) is 2. The number of hydrogen-bond acceptors (Lipinski definition) is 3. The largest absolute Gasteiger partial charge is 0.325 e. The maximum atomic E-state index is 10.9. The average Bonchev–Trinajstić information content (AvgIpc) is 2.24. The number of hydrogen-bond donors (Lipinski definition) is 2. The molecule has 0 fully saturated rings. The lowest BCUT2D eigenvalue weighted by atomic mass is 10.2. The molecule has 0 spiro atoms. The molecule has 0 aliphatic carbocycles. The highest BCUT2D eigenvalue weighted by molar-refractivity contribution is 5.88. The van der Waals surface area contributed by atoms with Crippen LogP contribution < -0.4 is 10.6 Å². The molecule has 0 radical (unpaired) electrons. The number of aromatic nitrogens is 1. The first kappa shape index (κ1) is 12.4. The molecule has 1 aromatic heterocycles. The molecule has 0 aliphatic heterocycles. The van der Waals surface area contributed by atoms with Crippen molar-refractivity contribution in [2.24, 2.45) is 0 Å². The number of carbonyl (C=O) groups is 1. The van der Waals surface area contributed by atoms with Crippen molar-refractivity contribution in [3.8, 4) is 0 Å². The second-order valence-electron chi connectivity index (χ2n) is 3.48. The standard InChI is InChI=1S/C12H17N3O/c1-10(16)15-12-7-11(8-14-9-12)5-3-4-6-13-2/h3,5,7-9,13H,4,6H2,1-2H3,(H,15,16)/b5-3+. The Morgan fingerprint density at radius 3 is 3.00 bits per heavy atom. The molecule has 2 N–H and O–H groups in total. The summed E-state index contributed by atoms with van der Waals surface area (Å²) in [7, 11) is 1.92. The van der Waals surface area contributed by atoms with E-state index in [2.05, 4.69) is 21.7 Å². The van der Waals surface area contributed by atoms with Crippen LogP contribution in [0.2, 0.25) is 0 Å². The number of amides is 1. The van der Waals surface area contributed by atoms with Crippen LogP contribution in [-0.4, -0.2) is 24.5 Å². The first-order chi connectivity index (χ1) is 7.72. The highest BCUT2D eigenvalue weighted by Crippen LogP contribution is 2.09. The Balaban J connectivity index is 2.59. The minimum Gasteiger partial charge on any atom is -0.325 e. The van der Waals surface area contributed by atoms with Crippen molar-refractivity contribution < 1.29 is 4.79 Å². The molecule has 0 saturated carbocycles. The number of nitrogens with zero attached hydrogens (tertiary/aromatic N) is 1. The van der Waals surface area contributed by atoms with Gasteiger partial charge in [-0.1, -0.05) is 12.2 Å². The first-order valence-corrected chi connectivity index (χ1v) is 5.26. The van der Waals surface area contributed by atoms with Gasteiger partial charge in [-0.3, -0.25) is 9.78 Å². The summed E-state index contributed by atoms with van der Waals surface area (Å²) in [4.78, 5) is 14.9. The van der Waals surface area contributed by atoms with Crippen molar-refractivity contribution in [2.45, 2.75) is 13.3 Å². The molecule has 4 nitrogen and oxygen atoms in total. The topological polar surface area (TPSA) is 54.0 Å². The fourth-order valence-corrected chi connectivity index (χ4v) is 1.27. The summed E-state index contributed by atoms with van der Waals surface area (Å²) in [5, 5.41) is 5.77. The molecule has 86 valence electrons. The minimum atomic E-state index is -0.0851. The van der Waals surface area contributed by atoms with Gasteiger partial charge in [0.15, 0.2) is 0 Å². The van der Waals surface area contributed by atoms with E-state index < -0.39 is 0 Å². The maximum Gasteiger partial charge on any atom is 0.221 e. The number of rotatable bonds is 5. The van der Waals surface area contributed by atoms with Crippen LogP contribution in [0.15, 0.2) is 24.5 Å². The Hall–Kier alpha value is -1.68. The summed E-state index contributed by atoms with van der Waals surface area (Å²) in [5.74, 6) is -0.0851. The normalized spacial score (nSPS) is 10.6. The van der Waals surface area contributed by atoms with Crippen LogP contribution >= 0.6 is 0 Å². The van der Waals surface area contributed by atoms with Crippen LogP contribution in [0.1, 0.15) is 18.9 Å². The number of pyridine rings is 1. The Labute approximate surface area is 95.8 Å². The zero-order valence-electron chi connectivity index (χ0n) is 9.66. The van der Waals surface area contributed by atoms with E-state index in [-0.39, 0.29) is 5.91 Å². The van der Waals surface area contributed by atoms with E-state index in [9.17, 15) is 4.79 Å². The van der Waals surface area contributed by atoms with Crippen molar-refractivity contribution in [2.75, 3.05) is 18.9 Å². The van der Waals surface area contributed by atoms with Gasteiger partial charge in [0.1, 0.15) is 0 Å². The van der Waals surface area contributed by atoms with Crippen molar-refractivity contribution >= 4 is 17.7 Å². The predicted octanol–water partition coefficient (Wildman–Crippen LogP) is 1.66. The third-order valence-corrected chi connectivity index (χ3v) is 1.95. The van der Waals surface area contributed by atoms with Gasteiger partial charge in [-0.15, -0.1) is 0 Å². The second-order valence-corrected chi connectivity index (χ2v) is 3.48. The molecule has 0 saturated heterocycles. The molecule has 1 rings (SSSR count). The monoisotopic (exact) mass is 219 g/mol. The molecular weight excluding hydrogens is 202 g/mol. The summed E-state index contributed by atoms with van der Waals surface area (Å²) in [6.07, 6.45) is 8.44. The predicted molar refractivity (Wildman–Crippen MR) is 66.1 cm³/mol. The van der Waals surface area contributed by atoms with Gasteiger partial charge in [0, 0.05) is 13.1 Å². The van der Waals surface area contributed by atoms with Crippen LogP contribution in [0.4, 0.5) is 5.69 Å². The molecule has 1 aromatic rings. The molecule has 16 heavy (non-hydrogen) atoms.